The molecule has 2 aromatic rings. The van der Waals surface area contributed by atoms with E-state index in [2.05, 4.69) is 60.4 Å². The van der Waals surface area contributed by atoms with Crippen molar-refractivity contribution in [1.82, 2.24) is 0 Å². The Bertz CT molecular complexity index is 611. The molecule has 77 valence electrons. The SMILES string of the molecule is C1=c2ccccc2=C(Cc2ccccc2)[P]1. The summed E-state index contributed by atoms with van der Waals surface area (Å²) in [5.41, 5.74) is 1.40. The van der Waals surface area contributed by atoms with Gasteiger partial charge in [-0.25, -0.2) is 0 Å². The molecule has 1 heteroatoms. The normalized spacial score (nSPS) is 14.9. The smallest absolute Gasteiger partial charge is 0.000867 e. The van der Waals surface area contributed by atoms with E-state index in [4.69, 9.17) is 0 Å². The first-order valence-electron chi connectivity index (χ1n) is 5.47. The lowest BCUT2D eigenvalue weighted by Crippen LogP contribution is -2.22. The predicted molar refractivity (Wildman–Crippen MR) is 70.6 cm³/mol. The summed E-state index contributed by atoms with van der Waals surface area (Å²) < 4.78 is 0. The van der Waals surface area contributed by atoms with E-state index in [1.165, 1.54) is 29.9 Å². The first-order valence-corrected chi connectivity index (χ1v) is 6.43. The quantitative estimate of drug-likeness (QED) is 0.687. The van der Waals surface area contributed by atoms with Crippen LogP contribution in [0.25, 0.3) is 11.1 Å². The van der Waals surface area contributed by atoms with Gasteiger partial charge < -0.3 is 0 Å². The van der Waals surface area contributed by atoms with Crippen LogP contribution in [0.3, 0.4) is 0 Å². The zero-order chi connectivity index (χ0) is 10.8. The van der Waals surface area contributed by atoms with Gasteiger partial charge in [0, 0.05) is 0 Å². The van der Waals surface area contributed by atoms with Crippen LogP contribution >= 0.6 is 8.58 Å². The van der Waals surface area contributed by atoms with E-state index >= 15 is 0 Å². The molecule has 0 atom stereocenters. The number of hydrogen-bond acceptors (Lipinski definition) is 0. The van der Waals surface area contributed by atoms with E-state index in [1.54, 1.807) is 0 Å². The summed E-state index contributed by atoms with van der Waals surface area (Å²) >= 11 is 0. The van der Waals surface area contributed by atoms with Gasteiger partial charge in [-0.15, -0.1) is 0 Å². The van der Waals surface area contributed by atoms with Crippen molar-refractivity contribution in [1.29, 1.82) is 0 Å². The Morgan fingerprint density at radius 2 is 1.56 bits per heavy atom. The van der Waals surface area contributed by atoms with Crippen LogP contribution in [0.1, 0.15) is 5.56 Å². The molecule has 3 rings (SSSR count). The molecule has 1 aliphatic rings. The maximum absolute atomic E-state index is 2.30. The maximum atomic E-state index is 2.30. The Morgan fingerprint density at radius 3 is 2.44 bits per heavy atom. The Labute approximate surface area is 97.1 Å². The topological polar surface area (TPSA) is 0 Å². The average Bonchev–Trinajstić information content (AvgIpc) is 2.74. The van der Waals surface area contributed by atoms with Crippen LogP contribution in [-0.2, 0) is 6.42 Å². The highest BCUT2D eigenvalue weighted by Crippen LogP contribution is 2.30. The zero-order valence-corrected chi connectivity index (χ0v) is 9.82. The Morgan fingerprint density at radius 1 is 0.812 bits per heavy atom. The summed E-state index contributed by atoms with van der Waals surface area (Å²) in [7, 11) is 1.36. The van der Waals surface area contributed by atoms with E-state index in [9.17, 15) is 0 Å². The number of rotatable bonds is 2. The third-order valence-corrected chi connectivity index (χ3v) is 3.96. The third-order valence-electron chi connectivity index (χ3n) is 2.85. The van der Waals surface area contributed by atoms with Crippen molar-refractivity contribution in [2.24, 2.45) is 0 Å². The summed E-state index contributed by atoms with van der Waals surface area (Å²) in [5, 5.41) is 4.32. The van der Waals surface area contributed by atoms with Gasteiger partial charge in [-0.2, -0.15) is 0 Å². The van der Waals surface area contributed by atoms with E-state index in [-0.39, 0.29) is 0 Å². The molecule has 1 aliphatic heterocycles. The predicted octanol–water partition coefficient (Wildman–Crippen LogP) is 2.74. The van der Waals surface area contributed by atoms with Crippen molar-refractivity contribution < 1.29 is 0 Å². The van der Waals surface area contributed by atoms with Crippen LogP contribution in [0.2, 0.25) is 0 Å². The highest BCUT2D eigenvalue weighted by Gasteiger charge is 2.05. The number of fused-ring (bicyclic) bond motifs is 1. The minimum Gasteiger partial charge on any atom is -0.0622 e. The summed E-state index contributed by atoms with van der Waals surface area (Å²) in [5.74, 6) is 2.30. The molecule has 0 fully saturated rings. The van der Waals surface area contributed by atoms with Crippen LogP contribution in [0, 0.1) is 0 Å². The largest absolute Gasteiger partial charge is 0.0622 e. The average molecular weight is 223 g/mol. The van der Waals surface area contributed by atoms with Crippen LogP contribution < -0.4 is 10.4 Å². The molecule has 1 radical (unpaired) electrons. The second-order valence-corrected chi connectivity index (χ2v) is 5.01. The Hall–Kier alpha value is -1.39. The van der Waals surface area contributed by atoms with Crippen LogP contribution in [-0.4, -0.2) is 0 Å². The lowest BCUT2D eigenvalue weighted by molar-refractivity contribution is 1.31. The van der Waals surface area contributed by atoms with Gasteiger partial charge in [0.2, 0.25) is 0 Å². The highest BCUT2D eigenvalue weighted by atomic mass is 31.1. The molecule has 0 aromatic heterocycles. The minimum atomic E-state index is 1.07. The van der Waals surface area contributed by atoms with Gasteiger partial charge in [0.1, 0.15) is 0 Å². The molecule has 0 saturated heterocycles. The number of hydrogen-bond donors (Lipinski definition) is 0. The second kappa shape index (κ2) is 4.23. The van der Waals surface area contributed by atoms with E-state index in [0.717, 1.165) is 6.42 Å². The molecule has 2 aromatic carbocycles. The molecule has 16 heavy (non-hydrogen) atoms. The lowest BCUT2D eigenvalue weighted by Gasteiger charge is -2.01. The fraction of sp³-hybridized carbons (Fsp3) is 0.0667. The lowest BCUT2D eigenvalue weighted by atomic mass is 10.1. The van der Waals surface area contributed by atoms with Gasteiger partial charge in [0.05, 0.1) is 0 Å². The molecule has 0 bridgehead atoms. The number of benzene rings is 2. The first-order chi connectivity index (χ1) is 7.93. The van der Waals surface area contributed by atoms with Gasteiger partial charge in [0.15, 0.2) is 0 Å². The molecule has 0 saturated carbocycles. The molecule has 0 nitrogen and oxygen atoms in total. The molecule has 0 aliphatic carbocycles. The summed E-state index contributed by atoms with van der Waals surface area (Å²) in [6.07, 6.45) is 1.07. The van der Waals surface area contributed by atoms with Gasteiger partial charge in [-0.1, -0.05) is 54.6 Å². The van der Waals surface area contributed by atoms with Crippen LogP contribution in [0.15, 0.2) is 54.6 Å². The Balaban J connectivity index is 2.03. The monoisotopic (exact) mass is 223 g/mol. The third kappa shape index (κ3) is 1.81. The molecular formula is C15H12P. The van der Waals surface area contributed by atoms with E-state index < -0.39 is 0 Å². The fourth-order valence-corrected chi connectivity index (χ4v) is 3.16. The highest BCUT2D eigenvalue weighted by molar-refractivity contribution is 7.58. The zero-order valence-electron chi connectivity index (χ0n) is 8.93. The van der Waals surface area contributed by atoms with Gasteiger partial charge in [-0.3, -0.25) is 0 Å². The Kier molecular flexibility index (Phi) is 2.60. The summed E-state index contributed by atoms with van der Waals surface area (Å²) in [6.45, 7) is 0. The molecule has 0 unspecified atom stereocenters. The molecule has 0 N–H and O–H groups in total. The minimum absolute atomic E-state index is 1.07. The van der Waals surface area contributed by atoms with Crippen LogP contribution in [0.4, 0.5) is 0 Å². The van der Waals surface area contributed by atoms with E-state index in [0.29, 0.717) is 0 Å². The first kappa shape index (κ1) is 9.81. The van der Waals surface area contributed by atoms with Gasteiger partial charge in [-0.05, 0) is 42.1 Å². The van der Waals surface area contributed by atoms with Crippen molar-refractivity contribution in [3.8, 4) is 0 Å². The van der Waals surface area contributed by atoms with Crippen molar-refractivity contribution >= 4 is 19.7 Å². The maximum Gasteiger partial charge on any atom is -0.000867 e. The molecule has 1 heterocycles. The van der Waals surface area contributed by atoms with Crippen LogP contribution in [0.5, 0.6) is 0 Å². The molecule has 0 spiro atoms. The van der Waals surface area contributed by atoms with Gasteiger partial charge in [0.25, 0.3) is 0 Å². The summed E-state index contributed by atoms with van der Waals surface area (Å²) in [6, 6.07) is 19.3. The van der Waals surface area contributed by atoms with Crippen molar-refractivity contribution in [2.75, 3.05) is 0 Å². The second-order valence-electron chi connectivity index (χ2n) is 3.95. The van der Waals surface area contributed by atoms with Crippen molar-refractivity contribution in [3.63, 3.8) is 0 Å². The summed E-state index contributed by atoms with van der Waals surface area (Å²) in [4.78, 5) is 0. The van der Waals surface area contributed by atoms with Crippen molar-refractivity contribution in [3.05, 3.63) is 70.6 Å². The molecular weight excluding hydrogens is 211 g/mol. The fourth-order valence-electron chi connectivity index (χ4n) is 2.02. The van der Waals surface area contributed by atoms with Crippen molar-refractivity contribution in [2.45, 2.75) is 6.42 Å². The molecule has 0 amide bonds. The standard InChI is InChI=1S/C15H12P/c1-2-6-12(7-3-1)10-15-14-9-5-4-8-13(14)11-16-15/h1-9,11H,10H2. The van der Waals surface area contributed by atoms with Gasteiger partial charge >= 0.3 is 0 Å². The van der Waals surface area contributed by atoms with E-state index in [1.807, 2.05) is 0 Å².